The molecular formula is C18H16N6. The van der Waals surface area contributed by atoms with Gasteiger partial charge in [0.2, 0.25) is 0 Å². The van der Waals surface area contributed by atoms with E-state index in [-0.39, 0.29) is 0 Å². The van der Waals surface area contributed by atoms with Gasteiger partial charge in [-0.15, -0.1) is 0 Å². The lowest BCUT2D eigenvalue weighted by atomic mass is 10.2. The zero-order chi connectivity index (χ0) is 16.8. The van der Waals surface area contributed by atoms with Crippen molar-refractivity contribution < 1.29 is 0 Å². The van der Waals surface area contributed by atoms with Crippen molar-refractivity contribution in [2.45, 2.75) is 13.8 Å². The molecule has 0 unspecified atom stereocenters. The van der Waals surface area contributed by atoms with Crippen LogP contribution in [0.25, 0.3) is 0 Å². The highest BCUT2D eigenvalue weighted by Crippen LogP contribution is 2.20. The summed E-state index contributed by atoms with van der Waals surface area (Å²) in [6.45, 7) is 3.82. The fourth-order valence-electron chi connectivity index (χ4n) is 2.08. The van der Waals surface area contributed by atoms with Crippen molar-refractivity contribution in [1.29, 1.82) is 0 Å². The molecule has 0 atom stereocenters. The van der Waals surface area contributed by atoms with Crippen molar-refractivity contribution in [2.75, 3.05) is 0 Å². The number of aromatic nitrogens is 4. The molecule has 0 amide bonds. The van der Waals surface area contributed by atoms with Gasteiger partial charge in [-0.2, -0.15) is 0 Å². The van der Waals surface area contributed by atoms with Gasteiger partial charge in [-0.25, -0.2) is 0 Å². The Balaban J connectivity index is 1.79. The molecule has 118 valence electrons. The van der Waals surface area contributed by atoms with E-state index in [1.54, 1.807) is 37.2 Å². The maximum Gasteiger partial charge on any atom is 0.102 e. The van der Waals surface area contributed by atoms with E-state index in [4.69, 9.17) is 0 Å². The maximum absolute atomic E-state index is 4.55. The lowest BCUT2D eigenvalue weighted by molar-refractivity contribution is 1.17. The third kappa shape index (κ3) is 3.92. The Morgan fingerprint density at radius 3 is 1.42 bits per heavy atom. The van der Waals surface area contributed by atoms with E-state index < -0.39 is 0 Å². The molecule has 0 aliphatic heterocycles. The highest BCUT2D eigenvalue weighted by atomic mass is 14.8. The molecule has 2 heterocycles. The molecular weight excluding hydrogens is 300 g/mol. The van der Waals surface area contributed by atoms with Gasteiger partial charge in [-0.1, -0.05) is 0 Å². The fraction of sp³-hybridized carbons (Fsp3) is 0.111. The number of benzene rings is 1. The molecule has 0 saturated carbocycles. The number of aliphatic imine (C=N–C) groups is 2. The molecule has 0 bridgehead atoms. The van der Waals surface area contributed by atoms with E-state index in [1.807, 2.05) is 38.1 Å². The SMILES string of the molecule is CC(=Nc1ccc(N=C(C)c2cnccn2)cc1)c1cnccn1. The van der Waals surface area contributed by atoms with Crippen LogP contribution in [0.3, 0.4) is 0 Å². The lowest BCUT2D eigenvalue weighted by Crippen LogP contribution is -1.98. The van der Waals surface area contributed by atoms with Crippen molar-refractivity contribution in [3.63, 3.8) is 0 Å². The number of nitrogens with zero attached hydrogens (tertiary/aromatic N) is 6. The molecule has 6 nitrogen and oxygen atoms in total. The molecule has 0 fully saturated rings. The first kappa shape index (κ1) is 15.6. The Labute approximate surface area is 140 Å². The molecule has 0 aliphatic rings. The zero-order valence-corrected chi connectivity index (χ0v) is 13.5. The monoisotopic (exact) mass is 316 g/mol. The highest BCUT2D eigenvalue weighted by molar-refractivity contribution is 5.99. The van der Waals surface area contributed by atoms with Crippen LogP contribution in [-0.4, -0.2) is 31.4 Å². The van der Waals surface area contributed by atoms with Crippen molar-refractivity contribution in [3.05, 3.63) is 72.8 Å². The Morgan fingerprint density at radius 2 is 1.08 bits per heavy atom. The second kappa shape index (κ2) is 7.32. The van der Waals surface area contributed by atoms with E-state index in [1.165, 1.54) is 0 Å². The smallest absolute Gasteiger partial charge is 0.102 e. The van der Waals surface area contributed by atoms with E-state index in [2.05, 4.69) is 29.9 Å². The van der Waals surface area contributed by atoms with Gasteiger partial charge in [0, 0.05) is 24.8 Å². The molecule has 0 aliphatic carbocycles. The zero-order valence-electron chi connectivity index (χ0n) is 13.5. The van der Waals surface area contributed by atoms with Gasteiger partial charge >= 0.3 is 0 Å². The number of hydrogen-bond acceptors (Lipinski definition) is 6. The summed E-state index contributed by atoms with van der Waals surface area (Å²) >= 11 is 0. The topological polar surface area (TPSA) is 76.3 Å². The van der Waals surface area contributed by atoms with Crippen LogP contribution in [0.1, 0.15) is 25.2 Å². The Hall–Kier alpha value is -3.28. The van der Waals surface area contributed by atoms with Crippen LogP contribution in [0.5, 0.6) is 0 Å². The Morgan fingerprint density at radius 1 is 0.667 bits per heavy atom. The first-order chi connectivity index (χ1) is 11.7. The molecule has 2 aromatic heterocycles. The molecule has 3 aromatic rings. The van der Waals surface area contributed by atoms with Crippen LogP contribution >= 0.6 is 0 Å². The van der Waals surface area contributed by atoms with Gasteiger partial charge in [0.1, 0.15) is 11.4 Å². The highest BCUT2D eigenvalue weighted by Gasteiger charge is 2.01. The molecule has 6 heteroatoms. The molecule has 1 aromatic carbocycles. The number of hydrogen-bond donors (Lipinski definition) is 0. The summed E-state index contributed by atoms with van der Waals surface area (Å²) in [6, 6.07) is 7.68. The Bertz CT molecular complexity index is 781. The molecule has 0 radical (unpaired) electrons. The summed E-state index contributed by atoms with van der Waals surface area (Å²) in [5, 5.41) is 0. The van der Waals surface area contributed by atoms with E-state index in [0.717, 1.165) is 34.2 Å². The second-order valence-corrected chi connectivity index (χ2v) is 5.09. The molecule has 3 rings (SSSR count). The van der Waals surface area contributed by atoms with Crippen molar-refractivity contribution in [2.24, 2.45) is 9.98 Å². The maximum atomic E-state index is 4.55. The molecule has 0 N–H and O–H groups in total. The average molecular weight is 316 g/mol. The fourth-order valence-corrected chi connectivity index (χ4v) is 2.08. The predicted molar refractivity (Wildman–Crippen MR) is 94.2 cm³/mol. The normalized spacial score (nSPS) is 12.2. The van der Waals surface area contributed by atoms with Crippen molar-refractivity contribution >= 4 is 22.8 Å². The molecule has 24 heavy (non-hydrogen) atoms. The van der Waals surface area contributed by atoms with Gasteiger partial charge in [0.15, 0.2) is 0 Å². The minimum atomic E-state index is 0.762. The van der Waals surface area contributed by atoms with Gasteiger partial charge in [0.25, 0.3) is 0 Å². The summed E-state index contributed by atoms with van der Waals surface area (Å²) in [5.41, 5.74) is 4.84. The van der Waals surface area contributed by atoms with E-state index >= 15 is 0 Å². The minimum absolute atomic E-state index is 0.762. The number of rotatable bonds is 4. The second-order valence-electron chi connectivity index (χ2n) is 5.09. The van der Waals surface area contributed by atoms with Crippen LogP contribution < -0.4 is 0 Å². The van der Waals surface area contributed by atoms with Crippen LogP contribution in [-0.2, 0) is 0 Å². The summed E-state index contributed by atoms with van der Waals surface area (Å²) in [6.07, 6.45) is 9.98. The van der Waals surface area contributed by atoms with Crippen molar-refractivity contribution in [3.8, 4) is 0 Å². The van der Waals surface area contributed by atoms with Crippen LogP contribution in [0.15, 0.2) is 71.4 Å². The third-order valence-electron chi connectivity index (χ3n) is 3.31. The van der Waals surface area contributed by atoms with Gasteiger partial charge < -0.3 is 0 Å². The van der Waals surface area contributed by atoms with Crippen molar-refractivity contribution in [1.82, 2.24) is 19.9 Å². The first-order valence-corrected chi connectivity index (χ1v) is 7.46. The lowest BCUT2D eigenvalue weighted by Gasteiger charge is -2.02. The minimum Gasteiger partial charge on any atom is -0.261 e. The van der Waals surface area contributed by atoms with E-state index in [0.29, 0.717) is 0 Å². The van der Waals surface area contributed by atoms with Crippen LogP contribution in [0.4, 0.5) is 11.4 Å². The quantitative estimate of drug-likeness (QED) is 0.690. The predicted octanol–water partition coefficient (Wildman–Crippen LogP) is 3.55. The third-order valence-corrected chi connectivity index (χ3v) is 3.31. The van der Waals surface area contributed by atoms with Crippen LogP contribution in [0.2, 0.25) is 0 Å². The van der Waals surface area contributed by atoms with E-state index in [9.17, 15) is 0 Å². The standard InChI is InChI=1S/C18H16N6/c1-13(17-11-19-7-9-21-17)23-15-3-5-16(6-4-15)24-14(2)18-12-20-8-10-22-18/h3-12H,1-2H3. The van der Waals surface area contributed by atoms with Gasteiger partial charge in [0.05, 0.1) is 35.2 Å². The summed E-state index contributed by atoms with van der Waals surface area (Å²) in [4.78, 5) is 25.7. The first-order valence-electron chi connectivity index (χ1n) is 7.46. The molecule has 0 saturated heterocycles. The summed E-state index contributed by atoms with van der Waals surface area (Å²) in [7, 11) is 0. The Kier molecular flexibility index (Phi) is 4.76. The average Bonchev–Trinajstić information content (AvgIpc) is 2.65. The van der Waals surface area contributed by atoms with Crippen LogP contribution in [0, 0.1) is 0 Å². The summed E-state index contributed by atoms with van der Waals surface area (Å²) in [5.74, 6) is 0. The van der Waals surface area contributed by atoms with Gasteiger partial charge in [-0.05, 0) is 38.1 Å². The summed E-state index contributed by atoms with van der Waals surface area (Å²) < 4.78 is 0. The van der Waals surface area contributed by atoms with Gasteiger partial charge in [-0.3, -0.25) is 29.9 Å². The molecule has 0 spiro atoms. The largest absolute Gasteiger partial charge is 0.261 e.